The summed E-state index contributed by atoms with van der Waals surface area (Å²) in [6, 6.07) is 3.31. The fraction of sp³-hybridized carbons (Fsp3) is 0.628. The Bertz CT molecular complexity index is 2160. The van der Waals surface area contributed by atoms with Crippen molar-refractivity contribution in [3.63, 3.8) is 0 Å². The number of carbonyl (C=O) groups excluding carboxylic acids is 4. The molecule has 1 saturated heterocycles. The van der Waals surface area contributed by atoms with Gasteiger partial charge in [-0.15, -0.1) is 0 Å². The number of aryl methyl sites for hydroxylation is 1. The van der Waals surface area contributed by atoms with E-state index in [0.717, 1.165) is 57.8 Å². The van der Waals surface area contributed by atoms with Crippen molar-refractivity contribution >= 4 is 44.9 Å². The van der Waals surface area contributed by atoms with Crippen LogP contribution in [0.2, 0.25) is 0 Å². The number of aromatic nitrogens is 2. The van der Waals surface area contributed by atoms with Crippen molar-refractivity contribution in [3.05, 3.63) is 48.2 Å². The molecule has 3 saturated carbocycles. The Hall–Kier alpha value is -4.73. The van der Waals surface area contributed by atoms with Crippen molar-refractivity contribution in [2.24, 2.45) is 11.8 Å². The zero-order valence-corrected chi connectivity index (χ0v) is 34.8. The first-order valence-corrected chi connectivity index (χ1v) is 22.8. The highest BCUT2D eigenvalue weighted by Crippen LogP contribution is 2.51. The first-order valence-electron chi connectivity index (χ1n) is 21.4. The van der Waals surface area contributed by atoms with Gasteiger partial charge in [0.1, 0.15) is 35.7 Å². The maximum Gasteiger partial charge on any atom is 0.408 e. The van der Waals surface area contributed by atoms with Crippen molar-refractivity contribution in [2.75, 3.05) is 13.7 Å². The van der Waals surface area contributed by atoms with Gasteiger partial charge in [-0.2, -0.15) is 0 Å². The normalized spacial score (nSPS) is 31.4. The van der Waals surface area contributed by atoms with E-state index in [9.17, 15) is 27.6 Å². The third-order valence-corrected chi connectivity index (χ3v) is 15.6. The maximum atomic E-state index is 14.8. The molecule has 4 amide bonds. The Balaban J connectivity index is 1.15. The van der Waals surface area contributed by atoms with E-state index < -0.39 is 68.2 Å². The molecule has 1 aromatic heterocycles. The second kappa shape index (κ2) is 16.4. The molecule has 7 unspecified atom stereocenters. The summed E-state index contributed by atoms with van der Waals surface area (Å²) in [6.45, 7) is 5.67. The van der Waals surface area contributed by atoms with Crippen molar-refractivity contribution in [1.29, 1.82) is 0 Å². The van der Waals surface area contributed by atoms with E-state index in [1.54, 1.807) is 26.2 Å². The van der Waals surface area contributed by atoms with Gasteiger partial charge in [0.15, 0.2) is 5.54 Å². The lowest BCUT2D eigenvalue weighted by Gasteiger charge is -2.30. The van der Waals surface area contributed by atoms with Gasteiger partial charge in [0, 0.05) is 18.4 Å². The Morgan fingerprint density at radius 3 is 2.56 bits per heavy atom. The van der Waals surface area contributed by atoms with Crippen molar-refractivity contribution < 1.29 is 41.8 Å². The quantitative estimate of drug-likeness (QED) is 0.354. The van der Waals surface area contributed by atoms with Crippen LogP contribution in [0.3, 0.4) is 0 Å². The predicted octanol–water partition coefficient (Wildman–Crippen LogP) is 4.93. The maximum absolute atomic E-state index is 14.8. The predicted molar refractivity (Wildman–Crippen MR) is 218 cm³/mol. The van der Waals surface area contributed by atoms with Gasteiger partial charge in [-0.3, -0.25) is 19.1 Å². The number of hydrogen-bond donors (Lipinski definition) is 3. The van der Waals surface area contributed by atoms with Gasteiger partial charge in [0.25, 0.3) is 5.91 Å². The lowest BCUT2D eigenvalue weighted by atomic mass is 9.97. The second-order valence-electron chi connectivity index (χ2n) is 17.5. The largest absolute Gasteiger partial charge is 0.497 e. The molecule has 7 atom stereocenters. The first kappa shape index (κ1) is 41.0. The van der Waals surface area contributed by atoms with Crippen LogP contribution >= 0.6 is 0 Å². The summed E-state index contributed by atoms with van der Waals surface area (Å²) in [5.41, 5.74) is 0.518. The summed E-state index contributed by atoms with van der Waals surface area (Å²) in [5.74, 6) is -1.55. The van der Waals surface area contributed by atoms with Crippen LogP contribution < -0.4 is 24.8 Å². The molecule has 3 aliphatic heterocycles. The minimum Gasteiger partial charge on any atom is -0.497 e. The van der Waals surface area contributed by atoms with Gasteiger partial charge >= 0.3 is 6.09 Å². The van der Waals surface area contributed by atoms with E-state index in [1.807, 2.05) is 18.2 Å². The Kier molecular flexibility index (Phi) is 11.4. The minimum atomic E-state index is -4.05. The van der Waals surface area contributed by atoms with Gasteiger partial charge in [-0.05, 0) is 101 Å². The highest BCUT2D eigenvalue weighted by Gasteiger charge is 2.66. The van der Waals surface area contributed by atoms with Crippen LogP contribution in [0.4, 0.5) is 4.79 Å². The Morgan fingerprint density at radius 2 is 1.76 bits per heavy atom. The Morgan fingerprint density at radius 1 is 0.983 bits per heavy atom. The minimum absolute atomic E-state index is 0.0246. The van der Waals surface area contributed by atoms with Crippen LogP contribution in [-0.2, 0) is 35.6 Å². The molecule has 6 aliphatic rings. The lowest BCUT2D eigenvalue weighted by molar-refractivity contribution is -0.141. The molecule has 3 aliphatic carbocycles. The van der Waals surface area contributed by atoms with E-state index in [4.69, 9.17) is 24.2 Å². The molecule has 8 rings (SSSR count). The average molecular weight is 833 g/mol. The van der Waals surface area contributed by atoms with Crippen molar-refractivity contribution in [1.82, 2.24) is 30.2 Å². The number of sulfonamides is 1. The second-order valence-corrected chi connectivity index (χ2v) is 19.7. The molecule has 4 heterocycles. The summed E-state index contributed by atoms with van der Waals surface area (Å²) in [7, 11) is -2.48. The van der Waals surface area contributed by atoms with Gasteiger partial charge in [0.05, 0.1) is 29.4 Å². The third kappa shape index (κ3) is 8.25. The van der Waals surface area contributed by atoms with E-state index >= 15 is 0 Å². The molecule has 16 heteroatoms. The highest BCUT2D eigenvalue weighted by molar-refractivity contribution is 7.91. The number of amides is 4. The number of allylic oxidation sites excluding steroid dienone is 1. The van der Waals surface area contributed by atoms with E-state index in [2.05, 4.69) is 21.9 Å². The third-order valence-electron chi connectivity index (χ3n) is 13.4. The molecule has 3 N–H and O–H groups in total. The molecule has 0 spiro atoms. The van der Waals surface area contributed by atoms with Gasteiger partial charge in [-0.1, -0.05) is 44.4 Å². The smallest absolute Gasteiger partial charge is 0.408 e. The Labute approximate surface area is 345 Å². The number of methoxy groups -OCH3 is 1. The van der Waals surface area contributed by atoms with Gasteiger partial charge < -0.3 is 29.7 Å². The summed E-state index contributed by atoms with van der Waals surface area (Å²) in [5, 5.41) is 5.76. The number of hydrogen-bond acceptors (Lipinski definition) is 11. The molecule has 59 heavy (non-hydrogen) atoms. The fourth-order valence-corrected chi connectivity index (χ4v) is 10.6. The summed E-state index contributed by atoms with van der Waals surface area (Å²) >= 11 is 0. The van der Waals surface area contributed by atoms with Crippen LogP contribution in [0.5, 0.6) is 11.6 Å². The number of benzene rings is 1. The first-order chi connectivity index (χ1) is 28.3. The number of nitrogens with zero attached hydrogens (tertiary/aromatic N) is 3. The zero-order chi connectivity index (χ0) is 41.5. The van der Waals surface area contributed by atoms with Gasteiger partial charge in [-0.25, -0.2) is 23.2 Å². The average Bonchev–Trinajstić information content (AvgIpc) is 3.91. The molecular weight excluding hydrogens is 777 g/mol. The molecule has 3 bridgehead atoms. The highest BCUT2D eigenvalue weighted by atomic mass is 32.2. The van der Waals surface area contributed by atoms with Crippen LogP contribution in [0.25, 0.3) is 11.0 Å². The van der Waals surface area contributed by atoms with E-state index in [-0.39, 0.29) is 25.0 Å². The molecule has 318 valence electrons. The topological polar surface area (TPSA) is 195 Å². The van der Waals surface area contributed by atoms with Crippen molar-refractivity contribution in [3.8, 4) is 11.6 Å². The van der Waals surface area contributed by atoms with Crippen LogP contribution in [0, 0.1) is 11.8 Å². The summed E-state index contributed by atoms with van der Waals surface area (Å²) in [4.78, 5) is 68.4. The standard InChI is InChI=1S/C43H56N6O9S/c1-26-30-15-9-5-4-6-10-17-33-39(51)49-25-29(24-35(49)37(50)47-43(26,30)40(52)48-59(54,55)42(2)21-22-42)57-38-32(44-31-20-19-28(56-3)23-34(31)45-38)16-11-7-8-13-27-14-12-18-36(27)58-41(53)46-33/h9,15,19-20,23,27,29-30,33,35-36H,1,4-8,10-14,16-18,21-22,24-25H2,2-3H3,(H,46,53)(H,47,50)(H,48,52). The fourth-order valence-electron chi connectivity index (χ4n) is 9.35. The summed E-state index contributed by atoms with van der Waals surface area (Å²) < 4.78 is 45.9. The van der Waals surface area contributed by atoms with Crippen LogP contribution in [0.1, 0.15) is 109 Å². The number of nitrogens with one attached hydrogen (secondary N) is 3. The number of alkyl carbamates (subject to hydrolysis) is 1. The molecule has 4 fully saturated rings. The molecular formula is C43H56N6O9S. The van der Waals surface area contributed by atoms with Gasteiger partial charge in [0.2, 0.25) is 27.7 Å². The molecule has 1 aromatic carbocycles. The number of carbonyl (C=O) groups is 4. The van der Waals surface area contributed by atoms with E-state index in [0.29, 0.717) is 72.5 Å². The van der Waals surface area contributed by atoms with E-state index in [1.165, 1.54) is 4.90 Å². The van der Waals surface area contributed by atoms with Crippen molar-refractivity contribution in [2.45, 2.75) is 144 Å². The molecule has 15 nitrogen and oxygen atoms in total. The number of ether oxygens (including phenoxy) is 3. The monoisotopic (exact) mass is 832 g/mol. The number of rotatable bonds is 4. The molecule has 0 radical (unpaired) electrons. The lowest BCUT2D eigenvalue weighted by Crippen LogP contribution is -2.59. The SMILES string of the molecule is C=C1C2C=CCCCCCC3NC(=O)OC4CCCC4CCCCCc4nc5ccc(OC)cc5nc4OC4CC(C(=O)NC12C(=O)NS(=O)(=O)C1(C)CC1)N(C4)C3=O. The number of fused-ring (bicyclic) bond motifs is 6. The van der Waals surface area contributed by atoms with Crippen LogP contribution in [0.15, 0.2) is 42.5 Å². The van der Waals surface area contributed by atoms with Crippen LogP contribution in [-0.4, -0.2) is 95.3 Å². The molecule has 2 aromatic rings. The zero-order valence-electron chi connectivity index (χ0n) is 34.0. The summed E-state index contributed by atoms with van der Waals surface area (Å²) in [6.07, 6.45) is 13.0.